The lowest BCUT2D eigenvalue weighted by molar-refractivity contribution is -0.141. The van der Waals surface area contributed by atoms with E-state index in [0.717, 1.165) is 34.4 Å². The van der Waals surface area contributed by atoms with Gasteiger partial charge in [0.05, 0.1) is 18.4 Å². The summed E-state index contributed by atoms with van der Waals surface area (Å²) >= 11 is 0. The fourth-order valence-electron chi connectivity index (χ4n) is 3.54. The molecule has 0 aliphatic carbocycles. The molecule has 3 aromatic carbocycles. The highest BCUT2D eigenvalue weighted by Crippen LogP contribution is 2.24. The highest BCUT2D eigenvalue weighted by molar-refractivity contribution is 5.70. The van der Waals surface area contributed by atoms with Gasteiger partial charge in [0.1, 0.15) is 17.8 Å². The molecule has 0 heterocycles. The Kier molecular flexibility index (Phi) is 8.99. The molecule has 3 aromatic rings. The molecule has 0 spiro atoms. The van der Waals surface area contributed by atoms with Crippen molar-refractivity contribution in [2.45, 2.75) is 32.1 Å². The first-order valence-corrected chi connectivity index (χ1v) is 11.3. The molecule has 4 nitrogen and oxygen atoms in total. The molecule has 0 saturated carbocycles. The molecule has 5 heteroatoms. The number of nitrogens with two attached hydrogens (primary N) is 1. The Balaban J connectivity index is 1.43. The van der Waals surface area contributed by atoms with Gasteiger partial charge in [-0.3, -0.25) is 10.2 Å². The van der Waals surface area contributed by atoms with Crippen LogP contribution in [0.15, 0.2) is 72.8 Å². The molecule has 0 bridgehead atoms. The van der Waals surface area contributed by atoms with Crippen LogP contribution in [-0.2, 0) is 11.2 Å². The maximum atomic E-state index is 13.2. The molecule has 2 atom stereocenters. The number of carboxylic acid groups (broad SMARTS) is 1. The molecular weight excluding hydrogens is 429 g/mol. The summed E-state index contributed by atoms with van der Waals surface area (Å²) < 4.78 is 19.0. The molecule has 3 N–H and O–H groups in total. The van der Waals surface area contributed by atoms with Crippen LogP contribution in [0.2, 0.25) is 0 Å². The fraction of sp³-hybridized carbons (Fsp3) is 0.241. The largest absolute Gasteiger partial charge is 0.494 e. The first-order chi connectivity index (χ1) is 16.5. The summed E-state index contributed by atoms with van der Waals surface area (Å²) in [5.74, 6) is 5.49. The lowest BCUT2D eigenvalue weighted by Gasteiger charge is -2.12. The number of ether oxygens (including phenoxy) is 1. The zero-order valence-electron chi connectivity index (χ0n) is 19.2. The van der Waals surface area contributed by atoms with Crippen molar-refractivity contribution in [2.75, 3.05) is 6.61 Å². The van der Waals surface area contributed by atoms with Crippen LogP contribution in [-0.4, -0.2) is 23.9 Å². The first-order valence-electron chi connectivity index (χ1n) is 11.3. The van der Waals surface area contributed by atoms with Crippen molar-refractivity contribution in [3.63, 3.8) is 0 Å². The van der Waals surface area contributed by atoms with Gasteiger partial charge in [-0.05, 0) is 65.9 Å². The number of rotatable bonds is 10. The summed E-state index contributed by atoms with van der Waals surface area (Å²) in [4.78, 5) is 11.0. The third-order valence-corrected chi connectivity index (χ3v) is 5.53. The lowest BCUT2D eigenvalue weighted by atomic mass is 9.92. The summed E-state index contributed by atoms with van der Waals surface area (Å²) in [6, 6.07) is 21.8. The van der Waals surface area contributed by atoms with Crippen molar-refractivity contribution in [2.24, 2.45) is 5.92 Å². The van der Waals surface area contributed by atoms with Crippen molar-refractivity contribution >= 4 is 12.2 Å². The maximum Gasteiger partial charge on any atom is 0.306 e. The van der Waals surface area contributed by atoms with E-state index in [-0.39, 0.29) is 11.7 Å². The van der Waals surface area contributed by atoms with Gasteiger partial charge in [0.15, 0.2) is 0 Å². The second-order valence-corrected chi connectivity index (χ2v) is 8.18. The van der Waals surface area contributed by atoms with Gasteiger partial charge in [-0.2, -0.15) is 0 Å². The van der Waals surface area contributed by atoms with E-state index in [1.54, 1.807) is 25.3 Å². The number of carboxylic acids is 1. The Morgan fingerprint density at radius 1 is 1.03 bits per heavy atom. The minimum atomic E-state index is -0.787. The van der Waals surface area contributed by atoms with E-state index in [4.69, 9.17) is 15.3 Å². The number of benzene rings is 3. The first kappa shape index (κ1) is 24.7. The lowest BCUT2D eigenvalue weighted by Crippen LogP contribution is -2.33. The Hall–Kier alpha value is -3.91. The average molecular weight is 459 g/mol. The second-order valence-electron chi connectivity index (χ2n) is 8.18. The standard InChI is InChI=1S/C29H28FNO3/c1-21(29(32)33)19-23-8-6-22(7-9-23)5-3-2-4-18-34-27-16-12-25(13-17-27)28(20-31)24-10-14-26(30)15-11-24/h6-17,20-21,28,31H,2,4,18-19H2,1H3,(H,32,33)/p+1/t21-,28?/m0/s1. The van der Waals surface area contributed by atoms with Gasteiger partial charge in [0.25, 0.3) is 0 Å². The molecule has 0 aliphatic heterocycles. The molecule has 0 saturated heterocycles. The number of aliphatic carboxylic acids is 1. The summed E-state index contributed by atoms with van der Waals surface area (Å²) in [7, 11) is 0. The highest BCUT2D eigenvalue weighted by Gasteiger charge is 2.14. The molecule has 0 aliphatic rings. The maximum absolute atomic E-state index is 13.2. The molecule has 1 unspecified atom stereocenters. The fourth-order valence-corrected chi connectivity index (χ4v) is 3.54. The molecular formula is C29H29FNO3+. The Bertz CT molecular complexity index is 1140. The quantitative estimate of drug-likeness (QED) is 0.271. The van der Waals surface area contributed by atoms with E-state index in [1.807, 2.05) is 48.5 Å². The Morgan fingerprint density at radius 2 is 1.65 bits per heavy atom. The topological polar surface area (TPSA) is 72.1 Å². The van der Waals surface area contributed by atoms with Crippen LogP contribution in [0.4, 0.5) is 4.39 Å². The zero-order valence-corrected chi connectivity index (χ0v) is 19.2. The minimum absolute atomic E-state index is 0.112. The van der Waals surface area contributed by atoms with Gasteiger partial charge >= 0.3 is 5.97 Å². The van der Waals surface area contributed by atoms with Gasteiger partial charge in [-0.25, -0.2) is 4.39 Å². The normalized spacial score (nSPS) is 12.2. The molecule has 34 heavy (non-hydrogen) atoms. The number of halogens is 1. The molecule has 174 valence electrons. The SMILES string of the molecule is C[C@@H](Cc1ccc(C#CCCCOc2ccc(C(C=[NH2+])c3ccc(F)cc3)cc2)cc1)C(=O)O. The third kappa shape index (κ3) is 7.31. The molecule has 0 radical (unpaired) electrons. The van der Waals surface area contributed by atoms with E-state index in [9.17, 15) is 9.18 Å². The van der Waals surface area contributed by atoms with Crippen molar-refractivity contribution < 1.29 is 24.4 Å². The highest BCUT2D eigenvalue weighted by atomic mass is 19.1. The van der Waals surface area contributed by atoms with Gasteiger partial charge < -0.3 is 9.84 Å². The Morgan fingerprint density at radius 3 is 2.24 bits per heavy atom. The van der Waals surface area contributed by atoms with E-state index in [0.29, 0.717) is 19.4 Å². The van der Waals surface area contributed by atoms with Gasteiger partial charge in [-0.15, -0.1) is 0 Å². The molecule has 0 fully saturated rings. The van der Waals surface area contributed by atoms with Gasteiger partial charge in [-0.1, -0.05) is 55.2 Å². The molecule has 0 aromatic heterocycles. The predicted molar refractivity (Wildman–Crippen MR) is 131 cm³/mol. The van der Waals surface area contributed by atoms with Crippen molar-refractivity contribution in [3.8, 4) is 17.6 Å². The van der Waals surface area contributed by atoms with Gasteiger partial charge in [0.2, 0.25) is 0 Å². The molecule has 3 rings (SSSR count). The smallest absolute Gasteiger partial charge is 0.306 e. The Labute approximate surface area is 199 Å². The second kappa shape index (κ2) is 12.4. The summed E-state index contributed by atoms with van der Waals surface area (Å²) in [6.07, 6.45) is 3.63. The minimum Gasteiger partial charge on any atom is -0.494 e. The van der Waals surface area contributed by atoms with Crippen LogP contribution in [0.1, 0.15) is 47.9 Å². The van der Waals surface area contributed by atoms with Crippen LogP contribution in [0.3, 0.4) is 0 Å². The molecule has 0 amide bonds. The number of unbranched alkanes of at least 4 members (excludes halogenated alkanes) is 1. The number of hydrogen-bond acceptors (Lipinski definition) is 2. The van der Waals surface area contributed by atoms with Crippen LogP contribution in [0.25, 0.3) is 0 Å². The van der Waals surface area contributed by atoms with Gasteiger partial charge in [0, 0.05) is 12.0 Å². The van der Waals surface area contributed by atoms with Crippen LogP contribution in [0, 0.1) is 23.6 Å². The summed E-state index contributed by atoms with van der Waals surface area (Å²) in [6.45, 7) is 2.26. The monoisotopic (exact) mass is 458 g/mol. The number of carbonyl (C=O) groups is 1. The van der Waals surface area contributed by atoms with Crippen molar-refractivity contribution in [1.82, 2.24) is 0 Å². The summed E-state index contributed by atoms with van der Waals surface area (Å²) in [5.41, 5.74) is 3.85. The van der Waals surface area contributed by atoms with Crippen LogP contribution < -0.4 is 10.1 Å². The van der Waals surface area contributed by atoms with E-state index in [1.165, 1.54) is 12.1 Å². The predicted octanol–water partition coefficient (Wildman–Crippen LogP) is 4.26. The van der Waals surface area contributed by atoms with E-state index in [2.05, 4.69) is 11.8 Å². The van der Waals surface area contributed by atoms with Crippen LogP contribution in [0.5, 0.6) is 5.75 Å². The summed E-state index contributed by atoms with van der Waals surface area (Å²) in [5, 5.41) is 14.8. The number of hydrogen-bond donors (Lipinski definition) is 2. The van der Waals surface area contributed by atoms with E-state index >= 15 is 0 Å². The average Bonchev–Trinajstić information content (AvgIpc) is 2.84. The van der Waals surface area contributed by atoms with Crippen molar-refractivity contribution in [3.05, 3.63) is 101 Å². The zero-order chi connectivity index (χ0) is 24.3. The van der Waals surface area contributed by atoms with Crippen molar-refractivity contribution in [1.29, 1.82) is 0 Å². The van der Waals surface area contributed by atoms with E-state index < -0.39 is 11.9 Å². The van der Waals surface area contributed by atoms with Crippen LogP contribution >= 0.6 is 0 Å². The third-order valence-electron chi connectivity index (χ3n) is 5.53.